The van der Waals surface area contributed by atoms with Gasteiger partial charge in [0.05, 0.1) is 0 Å². The van der Waals surface area contributed by atoms with Gasteiger partial charge in [0.25, 0.3) is 5.91 Å². The predicted molar refractivity (Wildman–Crippen MR) is 77.7 cm³/mol. The van der Waals surface area contributed by atoms with Gasteiger partial charge in [0.1, 0.15) is 5.69 Å². The van der Waals surface area contributed by atoms with E-state index in [9.17, 15) is 4.79 Å². The molecule has 1 aliphatic carbocycles. The van der Waals surface area contributed by atoms with Gasteiger partial charge in [-0.1, -0.05) is 12.8 Å². The number of hydrogen-bond donors (Lipinski definition) is 1. The molecule has 0 aromatic carbocycles. The quantitative estimate of drug-likeness (QED) is 0.920. The first-order valence-electron chi connectivity index (χ1n) is 7.72. The zero-order chi connectivity index (χ0) is 13.8. The average Bonchev–Trinajstić information content (AvgIpc) is 3.01. The van der Waals surface area contributed by atoms with Crippen molar-refractivity contribution in [2.24, 2.45) is 0 Å². The summed E-state index contributed by atoms with van der Waals surface area (Å²) in [6.45, 7) is 1.71. The van der Waals surface area contributed by atoms with E-state index >= 15 is 0 Å². The molecule has 1 aromatic heterocycles. The van der Waals surface area contributed by atoms with Gasteiger partial charge in [0.15, 0.2) is 0 Å². The Bertz CT molecular complexity index is 465. The number of carbonyl (C=O) groups is 1. The van der Waals surface area contributed by atoms with Crippen LogP contribution in [0.2, 0.25) is 0 Å². The standard InChI is InChI=1S/C15H22N4O/c20-14(19-10-4-1-5-11-19)13-8-9-16-15(18-13)17-12-6-2-3-7-12/h8-9,12H,1-7,10-11H2,(H,16,17,18). The topological polar surface area (TPSA) is 58.1 Å². The Morgan fingerprint density at radius 1 is 1.15 bits per heavy atom. The van der Waals surface area contributed by atoms with Crippen LogP contribution in [-0.4, -0.2) is 39.9 Å². The van der Waals surface area contributed by atoms with Crippen LogP contribution in [-0.2, 0) is 0 Å². The molecule has 1 saturated heterocycles. The van der Waals surface area contributed by atoms with Gasteiger partial charge in [-0.25, -0.2) is 9.97 Å². The zero-order valence-electron chi connectivity index (χ0n) is 11.8. The fraction of sp³-hybridized carbons (Fsp3) is 0.667. The molecule has 5 nitrogen and oxygen atoms in total. The molecule has 1 N–H and O–H groups in total. The lowest BCUT2D eigenvalue weighted by Gasteiger charge is -2.26. The highest BCUT2D eigenvalue weighted by Gasteiger charge is 2.20. The number of carbonyl (C=O) groups excluding carboxylic acids is 1. The maximum atomic E-state index is 12.4. The lowest BCUT2D eigenvalue weighted by atomic mass is 10.1. The molecule has 0 spiro atoms. The lowest BCUT2D eigenvalue weighted by Crippen LogP contribution is -2.36. The van der Waals surface area contributed by atoms with Crippen molar-refractivity contribution >= 4 is 11.9 Å². The Hall–Kier alpha value is -1.65. The smallest absolute Gasteiger partial charge is 0.272 e. The van der Waals surface area contributed by atoms with Crippen molar-refractivity contribution in [3.8, 4) is 0 Å². The minimum atomic E-state index is 0.0431. The van der Waals surface area contributed by atoms with E-state index in [2.05, 4.69) is 15.3 Å². The van der Waals surface area contributed by atoms with Gasteiger partial charge >= 0.3 is 0 Å². The second-order valence-corrected chi connectivity index (χ2v) is 5.74. The molecule has 1 aromatic rings. The number of aromatic nitrogens is 2. The molecule has 0 radical (unpaired) electrons. The van der Waals surface area contributed by atoms with E-state index < -0.39 is 0 Å². The van der Waals surface area contributed by atoms with E-state index in [0.717, 1.165) is 25.9 Å². The number of likely N-dealkylation sites (tertiary alicyclic amines) is 1. The molecule has 1 amide bonds. The Labute approximate surface area is 119 Å². The number of amides is 1. The second kappa shape index (κ2) is 6.20. The molecule has 5 heteroatoms. The van der Waals surface area contributed by atoms with Crippen LogP contribution in [0, 0.1) is 0 Å². The fourth-order valence-corrected chi connectivity index (χ4v) is 3.06. The van der Waals surface area contributed by atoms with E-state index in [-0.39, 0.29) is 5.91 Å². The molecular formula is C15H22N4O. The molecule has 1 saturated carbocycles. The molecule has 0 unspecified atom stereocenters. The highest BCUT2D eigenvalue weighted by Crippen LogP contribution is 2.21. The van der Waals surface area contributed by atoms with Crippen LogP contribution in [0.1, 0.15) is 55.4 Å². The number of anilines is 1. The predicted octanol–water partition coefficient (Wildman–Crippen LogP) is 2.46. The molecule has 3 rings (SSSR count). The molecule has 2 fully saturated rings. The molecule has 2 aliphatic rings. The van der Waals surface area contributed by atoms with Crippen LogP contribution < -0.4 is 5.32 Å². The van der Waals surface area contributed by atoms with Gasteiger partial charge in [0, 0.05) is 25.3 Å². The van der Waals surface area contributed by atoms with Crippen LogP contribution in [0.15, 0.2) is 12.3 Å². The minimum Gasteiger partial charge on any atom is -0.351 e. The van der Waals surface area contributed by atoms with Gasteiger partial charge < -0.3 is 10.2 Å². The molecule has 20 heavy (non-hydrogen) atoms. The van der Waals surface area contributed by atoms with Crippen LogP contribution >= 0.6 is 0 Å². The molecule has 2 heterocycles. The van der Waals surface area contributed by atoms with Gasteiger partial charge in [0.2, 0.25) is 5.95 Å². The number of nitrogens with zero attached hydrogens (tertiary/aromatic N) is 3. The Balaban J connectivity index is 1.67. The molecule has 1 aliphatic heterocycles. The third-order valence-electron chi connectivity index (χ3n) is 4.21. The van der Waals surface area contributed by atoms with E-state index in [1.165, 1.54) is 32.1 Å². The number of piperidine rings is 1. The monoisotopic (exact) mass is 274 g/mol. The van der Waals surface area contributed by atoms with Crippen molar-refractivity contribution < 1.29 is 4.79 Å². The molecular weight excluding hydrogens is 252 g/mol. The van der Waals surface area contributed by atoms with Crippen molar-refractivity contribution in [2.75, 3.05) is 18.4 Å². The van der Waals surface area contributed by atoms with Gasteiger partial charge in [-0.05, 0) is 38.2 Å². The normalized spacial score (nSPS) is 20.1. The van der Waals surface area contributed by atoms with Gasteiger partial charge in [-0.3, -0.25) is 4.79 Å². The SMILES string of the molecule is O=C(c1ccnc(NC2CCCC2)n1)N1CCCCC1. The summed E-state index contributed by atoms with van der Waals surface area (Å²) in [6, 6.07) is 2.19. The second-order valence-electron chi connectivity index (χ2n) is 5.74. The summed E-state index contributed by atoms with van der Waals surface area (Å²) in [7, 11) is 0. The first-order valence-corrected chi connectivity index (χ1v) is 7.72. The summed E-state index contributed by atoms with van der Waals surface area (Å²) in [5, 5.41) is 3.35. The van der Waals surface area contributed by atoms with E-state index in [1.807, 2.05) is 4.90 Å². The van der Waals surface area contributed by atoms with Crippen molar-refractivity contribution in [1.82, 2.24) is 14.9 Å². The maximum Gasteiger partial charge on any atom is 0.272 e. The highest BCUT2D eigenvalue weighted by atomic mass is 16.2. The van der Waals surface area contributed by atoms with Gasteiger partial charge in [-0.15, -0.1) is 0 Å². The Morgan fingerprint density at radius 3 is 2.65 bits per heavy atom. The van der Waals surface area contributed by atoms with Gasteiger partial charge in [-0.2, -0.15) is 0 Å². The Kier molecular flexibility index (Phi) is 4.14. The van der Waals surface area contributed by atoms with Crippen LogP contribution in [0.5, 0.6) is 0 Å². The summed E-state index contributed by atoms with van der Waals surface area (Å²) in [5.74, 6) is 0.640. The number of hydrogen-bond acceptors (Lipinski definition) is 4. The van der Waals surface area contributed by atoms with Crippen molar-refractivity contribution in [3.05, 3.63) is 18.0 Å². The molecule has 0 atom stereocenters. The summed E-state index contributed by atoms with van der Waals surface area (Å²) < 4.78 is 0. The van der Waals surface area contributed by atoms with E-state index in [4.69, 9.17) is 0 Å². The summed E-state index contributed by atoms with van der Waals surface area (Å²) >= 11 is 0. The number of rotatable bonds is 3. The number of nitrogens with one attached hydrogen (secondary N) is 1. The first-order chi connectivity index (χ1) is 9.83. The minimum absolute atomic E-state index is 0.0431. The fourth-order valence-electron chi connectivity index (χ4n) is 3.06. The van der Waals surface area contributed by atoms with E-state index in [1.54, 1.807) is 12.3 Å². The Morgan fingerprint density at radius 2 is 1.90 bits per heavy atom. The lowest BCUT2D eigenvalue weighted by molar-refractivity contribution is 0.0718. The summed E-state index contributed by atoms with van der Waals surface area (Å²) in [6.07, 6.45) is 9.99. The van der Waals surface area contributed by atoms with Crippen LogP contribution in [0.25, 0.3) is 0 Å². The van der Waals surface area contributed by atoms with E-state index in [0.29, 0.717) is 17.7 Å². The third kappa shape index (κ3) is 3.08. The third-order valence-corrected chi connectivity index (χ3v) is 4.21. The highest BCUT2D eigenvalue weighted by molar-refractivity contribution is 5.92. The first kappa shape index (κ1) is 13.3. The van der Waals surface area contributed by atoms with Crippen molar-refractivity contribution in [3.63, 3.8) is 0 Å². The molecule has 0 bridgehead atoms. The molecule has 108 valence electrons. The summed E-state index contributed by atoms with van der Waals surface area (Å²) in [4.78, 5) is 22.9. The zero-order valence-corrected chi connectivity index (χ0v) is 11.8. The average molecular weight is 274 g/mol. The summed E-state index contributed by atoms with van der Waals surface area (Å²) in [5.41, 5.74) is 0.516. The van der Waals surface area contributed by atoms with Crippen molar-refractivity contribution in [2.45, 2.75) is 51.0 Å². The van der Waals surface area contributed by atoms with Crippen LogP contribution in [0.4, 0.5) is 5.95 Å². The van der Waals surface area contributed by atoms with Crippen LogP contribution in [0.3, 0.4) is 0 Å². The largest absolute Gasteiger partial charge is 0.351 e. The van der Waals surface area contributed by atoms with Crippen molar-refractivity contribution in [1.29, 1.82) is 0 Å². The maximum absolute atomic E-state index is 12.4.